The van der Waals surface area contributed by atoms with Crippen LogP contribution >= 0.6 is 0 Å². The Morgan fingerprint density at radius 1 is 1.14 bits per heavy atom. The number of rotatable bonds is 4. The molecule has 0 saturated heterocycles. The van der Waals surface area contributed by atoms with Crippen LogP contribution in [0.4, 0.5) is 5.82 Å². The highest BCUT2D eigenvalue weighted by Crippen LogP contribution is 2.18. The molecule has 1 aromatic carbocycles. The number of aromatic nitrogens is 1. The Balaban J connectivity index is 1.94. The second-order valence-corrected chi connectivity index (χ2v) is 5.82. The predicted molar refractivity (Wildman–Crippen MR) is 88.7 cm³/mol. The van der Waals surface area contributed by atoms with Gasteiger partial charge in [-0.3, -0.25) is 4.79 Å². The van der Waals surface area contributed by atoms with Crippen molar-refractivity contribution in [1.29, 1.82) is 0 Å². The van der Waals surface area contributed by atoms with E-state index in [4.69, 9.17) is 4.74 Å². The minimum Gasteiger partial charge on any atom is -0.488 e. The molecule has 4 heteroatoms. The first kappa shape index (κ1) is 15.8. The van der Waals surface area contributed by atoms with Crippen molar-refractivity contribution in [3.05, 3.63) is 60.3 Å². The molecule has 0 bridgehead atoms. The monoisotopic (exact) mass is 296 g/mol. The summed E-state index contributed by atoms with van der Waals surface area (Å²) >= 11 is 0. The first-order valence-electron chi connectivity index (χ1n) is 7.11. The van der Waals surface area contributed by atoms with E-state index < -0.39 is 0 Å². The summed E-state index contributed by atoms with van der Waals surface area (Å²) < 4.78 is 5.75. The lowest BCUT2D eigenvalue weighted by molar-refractivity contribution is -0.111. The predicted octanol–water partition coefficient (Wildman–Crippen LogP) is 3.91. The van der Waals surface area contributed by atoms with Gasteiger partial charge in [0.2, 0.25) is 5.91 Å². The molecule has 0 aliphatic rings. The number of pyridine rings is 1. The normalized spacial score (nSPS) is 11.4. The van der Waals surface area contributed by atoms with Gasteiger partial charge in [0.25, 0.3) is 0 Å². The lowest BCUT2D eigenvalue weighted by Gasteiger charge is -2.21. The molecule has 1 aromatic heterocycles. The maximum absolute atomic E-state index is 11.8. The molecule has 2 aromatic rings. The van der Waals surface area contributed by atoms with Gasteiger partial charge in [0.15, 0.2) is 0 Å². The van der Waals surface area contributed by atoms with E-state index in [0.29, 0.717) is 5.82 Å². The first-order valence-corrected chi connectivity index (χ1v) is 7.11. The molecule has 0 aliphatic heterocycles. The molecule has 0 saturated carbocycles. The van der Waals surface area contributed by atoms with E-state index in [1.807, 2.05) is 51.1 Å². The van der Waals surface area contributed by atoms with Gasteiger partial charge in [0.05, 0.1) is 0 Å². The highest BCUT2D eigenvalue weighted by molar-refractivity contribution is 6.01. The molecule has 114 valence electrons. The van der Waals surface area contributed by atoms with Crippen LogP contribution in [0.5, 0.6) is 5.75 Å². The van der Waals surface area contributed by atoms with Crippen LogP contribution in [-0.4, -0.2) is 16.5 Å². The minimum atomic E-state index is -0.222. The van der Waals surface area contributed by atoms with E-state index in [9.17, 15) is 4.79 Å². The summed E-state index contributed by atoms with van der Waals surface area (Å²) in [5, 5.41) is 2.69. The number of carbonyl (C=O) groups excluding carboxylic acids is 1. The number of hydrogen-bond donors (Lipinski definition) is 1. The van der Waals surface area contributed by atoms with Crippen molar-refractivity contribution in [3.8, 4) is 5.75 Å². The minimum absolute atomic E-state index is 0.214. The van der Waals surface area contributed by atoms with Crippen LogP contribution in [0.25, 0.3) is 6.08 Å². The molecule has 0 spiro atoms. The molecule has 0 radical (unpaired) electrons. The van der Waals surface area contributed by atoms with Gasteiger partial charge >= 0.3 is 0 Å². The fourth-order valence-corrected chi connectivity index (χ4v) is 1.78. The maximum atomic E-state index is 11.8. The van der Waals surface area contributed by atoms with E-state index in [2.05, 4.69) is 10.3 Å². The number of benzene rings is 1. The molecule has 0 aliphatic carbocycles. The van der Waals surface area contributed by atoms with Gasteiger partial charge in [-0.15, -0.1) is 0 Å². The fourth-order valence-electron chi connectivity index (χ4n) is 1.78. The first-order chi connectivity index (χ1) is 10.4. The second-order valence-electron chi connectivity index (χ2n) is 5.82. The van der Waals surface area contributed by atoms with Crippen LogP contribution in [0.1, 0.15) is 26.3 Å². The summed E-state index contributed by atoms with van der Waals surface area (Å²) in [7, 11) is 0. The van der Waals surface area contributed by atoms with Crippen molar-refractivity contribution < 1.29 is 9.53 Å². The van der Waals surface area contributed by atoms with Gasteiger partial charge in [-0.05, 0) is 56.7 Å². The van der Waals surface area contributed by atoms with Gasteiger partial charge in [-0.25, -0.2) is 4.98 Å². The molecular weight excluding hydrogens is 276 g/mol. The van der Waals surface area contributed by atoms with Gasteiger partial charge in [-0.2, -0.15) is 0 Å². The van der Waals surface area contributed by atoms with E-state index in [0.717, 1.165) is 11.3 Å². The lowest BCUT2D eigenvalue weighted by Crippen LogP contribution is -2.22. The van der Waals surface area contributed by atoms with Crippen LogP contribution in [0.3, 0.4) is 0 Å². The Bertz CT molecular complexity index is 641. The molecule has 4 nitrogen and oxygen atoms in total. The molecule has 1 amide bonds. The molecule has 0 unspecified atom stereocenters. The zero-order chi connectivity index (χ0) is 16.0. The average Bonchev–Trinajstić information content (AvgIpc) is 2.46. The van der Waals surface area contributed by atoms with Gasteiger partial charge in [-0.1, -0.05) is 18.2 Å². The quantitative estimate of drug-likeness (QED) is 0.870. The Labute approximate surface area is 130 Å². The zero-order valence-corrected chi connectivity index (χ0v) is 13.0. The summed E-state index contributed by atoms with van der Waals surface area (Å²) in [5.41, 5.74) is 0.706. The van der Waals surface area contributed by atoms with Crippen molar-refractivity contribution in [2.45, 2.75) is 26.4 Å². The van der Waals surface area contributed by atoms with E-state index >= 15 is 0 Å². The van der Waals surface area contributed by atoms with Crippen LogP contribution < -0.4 is 10.1 Å². The average molecular weight is 296 g/mol. The van der Waals surface area contributed by atoms with Crippen LogP contribution in [-0.2, 0) is 4.79 Å². The highest BCUT2D eigenvalue weighted by atomic mass is 16.5. The van der Waals surface area contributed by atoms with Crippen molar-refractivity contribution in [2.24, 2.45) is 0 Å². The van der Waals surface area contributed by atoms with Crippen molar-refractivity contribution >= 4 is 17.8 Å². The lowest BCUT2D eigenvalue weighted by atomic mass is 10.1. The summed E-state index contributed by atoms with van der Waals surface area (Å²) in [6, 6.07) is 13.0. The summed E-state index contributed by atoms with van der Waals surface area (Å²) in [6.07, 6.45) is 4.86. The maximum Gasteiger partial charge on any atom is 0.249 e. The van der Waals surface area contributed by atoms with Crippen molar-refractivity contribution in [1.82, 2.24) is 4.98 Å². The Hall–Kier alpha value is -2.62. The smallest absolute Gasteiger partial charge is 0.249 e. The standard InChI is InChI=1S/C18H20N2O2/c1-18(2,3)22-15-10-7-14(8-11-15)9-12-17(21)20-16-6-4-5-13-19-16/h4-13H,1-3H3,(H,19,20,21)/b12-9+. The van der Waals surface area contributed by atoms with Crippen LogP contribution in [0.2, 0.25) is 0 Å². The molecular formula is C18H20N2O2. The topological polar surface area (TPSA) is 51.2 Å². The summed E-state index contributed by atoms with van der Waals surface area (Å²) in [5.74, 6) is 1.13. The van der Waals surface area contributed by atoms with E-state index in [-0.39, 0.29) is 11.5 Å². The number of anilines is 1. The van der Waals surface area contributed by atoms with Crippen LogP contribution in [0, 0.1) is 0 Å². The van der Waals surface area contributed by atoms with Gasteiger partial charge in [0, 0.05) is 12.3 Å². The van der Waals surface area contributed by atoms with Crippen molar-refractivity contribution in [3.63, 3.8) is 0 Å². The molecule has 1 heterocycles. The Morgan fingerprint density at radius 3 is 2.45 bits per heavy atom. The van der Waals surface area contributed by atoms with Crippen LogP contribution in [0.15, 0.2) is 54.7 Å². The second kappa shape index (κ2) is 6.89. The number of nitrogens with one attached hydrogen (secondary N) is 1. The Morgan fingerprint density at radius 2 is 1.86 bits per heavy atom. The SMILES string of the molecule is CC(C)(C)Oc1ccc(/C=C/C(=O)Nc2ccccn2)cc1. The molecule has 22 heavy (non-hydrogen) atoms. The van der Waals surface area contributed by atoms with E-state index in [1.165, 1.54) is 6.08 Å². The highest BCUT2D eigenvalue weighted by Gasteiger charge is 2.11. The fraction of sp³-hybridized carbons (Fsp3) is 0.222. The number of ether oxygens (including phenoxy) is 1. The Kier molecular flexibility index (Phi) is 4.94. The third-order valence-electron chi connectivity index (χ3n) is 2.65. The van der Waals surface area contributed by atoms with Crippen molar-refractivity contribution in [2.75, 3.05) is 5.32 Å². The van der Waals surface area contributed by atoms with Gasteiger partial charge in [0.1, 0.15) is 17.2 Å². The van der Waals surface area contributed by atoms with E-state index in [1.54, 1.807) is 24.4 Å². The molecule has 0 atom stereocenters. The number of nitrogens with zero attached hydrogens (tertiary/aromatic N) is 1. The zero-order valence-electron chi connectivity index (χ0n) is 13.0. The summed E-state index contributed by atoms with van der Waals surface area (Å²) in [6.45, 7) is 6.01. The summed E-state index contributed by atoms with van der Waals surface area (Å²) in [4.78, 5) is 15.8. The molecule has 2 rings (SSSR count). The van der Waals surface area contributed by atoms with Gasteiger partial charge < -0.3 is 10.1 Å². The molecule has 0 fully saturated rings. The number of hydrogen-bond acceptors (Lipinski definition) is 3. The third-order valence-corrected chi connectivity index (χ3v) is 2.65. The largest absolute Gasteiger partial charge is 0.488 e. The number of carbonyl (C=O) groups is 1. The third kappa shape index (κ3) is 5.40. The number of amides is 1. The molecule has 1 N–H and O–H groups in total.